The van der Waals surface area contributed by atoms with Crippen LogP contribution in [-0.4, -0.2) is 65.3 Å². The van der Waals surface area contributed by atoms with Gasteiger partial charge in [-0.05, 0) is 19.3 Å². The van der Waals surface area contributed by atoms with Gasteiger partial charge >= 0.3 is 12.0 Å². The maximum absolute atomic E-state index is 12.5. The molecule has 2 aliphatic heterocycles. The van der Waals surface area contributed by atoms with Crippen molar-refractivity contribution in [2.24, 2.45) is 0 Å². The number of carboxylic acids is 1. The molecule has 2 rings (SSSR count). The Morgan fingerprint density at radius 1 is 1.35 bits per heavy atom. The molecule has 2 heterocycles. The van der Waals surface area contributed by atoms with Crippen LogP contribution >= 0.6 is 0 Å². The summed E-state index contributed by atoms with van der Waals surface area (Å²) < 4.78 is 5.22. The molecule has 20 heavy (non-hydrogen) atoms. The molecule has 2 saturated heterocycles. The van der Waals surface area contributed by atoms with Crippen molar-refractivity contribution in [1.82, 2.24) is 9.80 Å². The molecule has 0 saturated carbocycles. The Balaban J connectivity index is 2.01. The van der Waals surface area contributed by atoms with Crippen LogP contribution in [0.25, 0.3) is 0 Å². The normalized spacial score (nSPS) is 26.9. The van der Waals surface area contributed by atoms with Crippen LogP contribution < -0.4 is 0 Å². The number of amides is 2. The average Bonchev–Trinajstić information content (AvgIpc) is 2.46. The van der Waals surface area contributed by atoms with Crippen LogP contribution in [0.15, 0.2) is 0 Å². The Morgan fingerprint density at radius 2 is 2.15 bits per heavy atom. The Kier molecular flexibility index (Phi) is 4.79. The van der Waals surface area contributed by atoms with Gasteiger partial charge in [0.25, 0.3) is 0 Å². The van der Waals surface area contributed by atoms with Crippen LogP contribution in [0.2, 0.25) is 0 Å². The van der Waals surface area contributed by atoms with E-state index >= 15 is 0 Å². The number of aliphatic carboxylic acids is 1. The molecular formula is C13H19N3O4. The summed E-state index contributed by atoms with van der Waals surface area (Å²) >= 11 is 0. The fraction of sp³-hybridized carbons (Fsp3) is 0.769. The van der Waals surface area contributed by atoms with E-state index in [-0.39, 0.29) is 25.0 Å². The summed E-state index contributed by atoms with van der Waals surface area (Å²) in [5.41, 5.74) is 0. The number of morpholine rings is 1. The number of hydrogen-bond donors (Lipinski definition) is 1. The summed E-state index contributed by atoms with van der Waals surface area (Å²) in [6, 6.07) is 1.60. The highest BCUT2D eigenvalue weighted by molar-refractivity contribution is 5.76. The summed E-state index contributed by atoms with van der Waals surface area (Å²) in [6.45, 7) is 1.64. The van der Waals surface area contributed by atoms with Gasteiger partial charge in [0.2, 0.25) is 0 Å². The number of nitriles is 1. The smallest absolute Gasteiger partial charge is 0.320 e. The molecule has 0 aromatic carbocycles. The SMILES string of the molecule is N#CC1CN(C(=O)N2CCCCC2CC(=O)O)CCO1. The van der Waals surface area contributed by atoms with E-state index in [9.17, 15) is 9.59 Å². The number of hydrogen-bond acceptors (Lipinski definition) is 4. The van der Waals surface area contributed by atoms with Crippen molar-refractivity contribution >= 4 is 12.0 Å². The van der Waals surface area contributed by atoms with E-state index in [1.54, 1.807) is 9.80 Å². The molecule has 110 valence electrons. The number of carboxylic acid groups (broad SMARTS) is 1. The van der Waals surface area contributed by atoms with Crippen molar-refractivity contribution in [3.63, 3.8) is 0 Å². The molecule has 0 aliphatic carbocycles. The van der Waals surface area contributed by atoms with Gasteiger partial charge in [-0.1, -0.05) is 0 Å². The van der Waals surface area contributed by atoms with E-state index < -0.39 is 12.1 Å². The highest BCUT2D eigenvalue weighted by Crippen LogP contribution is 2.22. The zero-order valence-electron chi connectivity index (χ0n) is 11.3. The number of carbonyl (C=O) groups excluding carboxylic acids is 1. The van der Waals surface area contributed by atoms with E-state index in [1.165, 1.54) is 0 Å². The fourth-order valence-electron chi connectivity index (χ4n) is 2.75. The standard InChI is InChI=1S/C13H19N3O4/c14-8-11-9-15(5-6-20-11)13(19)16-4-2-1-3-10(16)7-12(17)18/h10-11H,1-7,9H2,(H,17,18). The van der Waals surface area contributed by atoms with Crippen molar-refractivity contribution in [3.8, 4) is 6.07 Å². The van der Waals surface area contributed by atoms with Crippen LogP contribution in [0.1, 0.15) is 25.7 Å². The second-order valence-electron chi connectivity index (χ2n) is 5.16. The van der Waals surface area contributed by atoms with E-state index in [2.05, 4.69) is 0 Å². The van der Waals surface area contributed by atoms with Crippen LogP contribution in [0, 0.1) is 11.3 Å². The monoisotopic (exact) mass is 281 g/mol. The van der Waals surface area contributed by atoms with Gasteiger partial charge < -0.3 is 19.6 Å². The number of likely N-dealkylation sites (tertiary alicyclic amines) is 1. The number of carbonyl (C=O) groups is 2. The van der Waals surface area contributed by atoms with Gasteiger partial charge in [-0.3, -0.25) is 4.79 Å². The maximum atomic E-state index is 12.5. The minimum Gasteiger partial charge on any atom is -0.481 e. The molecule has 7 heteroatoms. The lowest BCUT2D eigenvalue weighted by Gasteiger charge is -2.40. The van der Waals surface area contributed by atoms with Crippen molar-refractivity contribution in [3.05, 3.63) is 0 Å². The van der Waals surface area contributed by atoms with Gasteiger partial charge in [0.15, 0.2) is 6.10 Å². The van der Waals surface area contributed by atoms with Crippen LogP contribution in [0.5, 0.6) is 0 Å². The third-order valence-corrected chi connectivity index (χ3v) is 3.76. The highest BCUT2D eigenvalue weighted by Gasteiger charge is 2.33. The van der Waals surface area contributed by atoms with E-state index in [4.69, 9.17) is 15.1 Å². The fourth-order valence-corrected chi connectivity index (χ4v) is 2.75. The molecule has 0 aromatic heterocycles. The van der Waals surface area contributed by atoms with E-state index in [0.29, 0.717) is 19.7 Å². The van der Waals surface area contributed by atoms with Gasteiger partial charge in [-0.2, -0.15) is 5.26 Å². The summed E-state index contributed by atoms with van der Waals surface area (Å²) in [4.78, 5) is 26.6. The van der Waals surface area contributed by atoms with E-state index in [1.807, 2.05) is 6.07 Å². The number of ether oxygens (including phenoxy) is 1. The molecule has 2 unspecified atom stereocenters. The zero-order valence-corrected chi connectivity index (χ0v) is 11.3. The first-order valence-electron chi connectivity index (χ1n) is 6.90. The van der Waals surface area contributed by atoms with Gasteiger partial charge in [0, 0.05) is 19.1 Å². The zero-order chi connectivity index (χ0) is 14.5. The van der Waals surface area contributed by atoms with Crippen LogP contribution in [0.4, 0.5) is 4.79 Å². The molecule has 0 radical (unpaired) electrons. The second kappa shape index (κ2) is 6.57. The predicted molar refractivity (Wildman–Crippen MR) is 68.9 cm³/mol. The van der Waals surface area contributed by atoms with Gasteiger partial charge in [0.05, 0.1) is 25.6 Å². The predicted octanol–water partition coefficient (Wildman–Crippen LogP) is 0.660. The summed E-state index contributed by atoms with van der Waals surface area (Å²) in [5.74, 6) is -0.883. The van der Waals surface area contributed by atoms with Gasteiger partial charge in [-0.15, -0.1) is 0 Å². The molecule has 1 N–H and O–H groups in total. The van der Waals surface area contributed by atoms with Crippen molar-refractivity contribution < 1.29 is 19.4 Å². The molecule has 2 aliphatic rings. The minimum absolute atomic E-state index is 0.0161. The molecule has 7 nitrogen and oxygen atoms in total. The maximum Gasteiger partial charge on any atom is 0.320 e. The van der Waals surface area contributed by atoms with E-state index in [0.717, 1.165) is 19.3 Å². The molecular weight excluding hydrogens is 262 g/mol. The Morgan fingerprint density at radius 3 is 2.85 bits per heavy atom. The summed E-state index contributed by atoms with van der Waals surface area (Å²) in [6.07, 6.45) is 1.97. The lowest BCUT2D eigenvalue weighted by Crippen LogP contribution is -2.55. The van der Waals surface area contributed by atoms with Crippen LogP contribution in [-0.2, 0) is 9.53 Å². The molecule has 0 aromatic rings. The first-order valence-corrected chi connectivity index (χ1v) is 6.90. The minimum atomic E-state index is -0.883. The number of rotatable bonds is 2. The van der Waals surface area contributed by atoms with Gasteiger partial charge in [-0.25, -0.2) is 4.79 Å². The third kappa shape index (κ3) is 3.39. The molecule has 0 spiro atoms. The quantitative estimate of drug-likeness (QED) is 0.802. The van der Waals surface area contributed by atoms with Crippen molar-refractivity contribution in [1.29, 1.82) is 5.26 Å². The molecule has 0 bridgehead atoms. The van der Waals surface area contributed by atoms with Crippen molar-refractivity contribution in [2.75, 3.05) is 26.2 Å². The third-order valence-electron chi connectivity index (χ3n) is 3.76. The number of nitrogens with zero attached hydrogens (tertiary/aromatic N) is 3. The summed E-state index contributed by atoms with van der Waals surface area (Å²) in [7, 11) is 0. The van der Waals surface area contributed by atoms with Crippen LogP contribution in [0.3, 0.4) is 0 Å². The first kappa shape index (κ1) is 14.6. The first-order chi connectivity index (χ1) is 9.61. The number of urea groups is 1. The lowest BCUT2D eigenvalue weighted by molar-refractivity contribution is -0.138. The second-order valence-corrected chi connectivity index (χ2v) is 5.16. The highest BCUT2D eigenvalue weighted by atomic mass is 16.5. The lowest BCUT2D eigenvalue weighted by atomic mass is 10.00. The summed E-state index contributed by atoms with van der Waals surface area (Å²) in [5, 5.41) is 17.8. The molecule has 2 amide bonds. The Labute approximate surface area is 117 Å². The largest absolute Gasteiger partial charge is 0.481 e. The Bertz CT molecular complexity index is 420. The molecule has 2 atom stereocenters. The average molecular weight is 281 g/mol. The Hall–Kier alpha value is -1.81. The van der Waals surface area contributed by atoms with Gasteiger partial charge in [0.1, 0.15) is 0 Å². The molecule has 2 fully saturated rings. The topological polar surface area (TPSA) is 93.9 Å². The van der Waals surface area contributed by atoms with Crippen molar-refractivity contribution in [2.45, 2.75) is 37.8 Å². The number of piperidine rings is 1.